The van der Waals surface area contributed by atoms with Gasteiger partial charge in [0.05, 0.1) is 12.9 Å². The first-order valence-corrected chi connectivity index (χ1v) is 10.2. The number of hydrogen-bond donors (Lipinski definition) is 2. The van der Waals surface area contributed by atoms with Crippen LogP contribution in [0.15, 0.2) is 58.5 Å². The second-order valence-electron chi connectivity index (χ2n) is 6.27. The molecule has 150 valence electrons. The van der Waals surface area contributed by atoms with Gasteiger partial charge in [-0.25, -0.2) is 4.98 Å². The van der Waals surface area contributed by atoms with Gasteiger partial charge in [0.2, 0.25) is 5.91 Å². The van der Waals surface area contributed by atoms with Crippen molar-refractivity contribution >= 4 is 35.0 Å². The van der Waals surface area contributed by atoms with E-state index in [0.717, 1.165) is 5.56 Å². The summed E-state index contributed by atoms with van der Waals surface area (Å²) in [5.74, 6) is 0.644. The monoisotopic (exact) mass is 429 g/mol. The van der Waals surface area contributed by atoms with Crippen LogP contribution in [-0.4, -0.2) is 28.7 Å². The number of halogens is 1. The first kappa shape index (κ1) is 21.0. The predicted molar refractivity (Wildman–Crippen MR) is 116 cm³/mol. The molecule has 0 spiro atoms. The van der Waals surface area contributed by atoms with E-state index in [1.54, 1.807) is 44.4 Å². The quantitative estimate of drug-likeness (QED) is 0.437. The van der Waals surface area contributed by atoms with Gasteiger partial charge in [-0.05, 0) is 42.8 Å². The number of thioether (sulfide) groups is 1. The van der Waals surface area contributed by atoms with E-state index in [1.165, 1.54) is 11.8 Å². The molecular weight excluding hydrogens is 410 g/mol. The van der Waals surface area contributed by atoms with E-state index in [9.17, 15) is 9.59 Å². The van der Waals surface area contributed by atoms with Crippen molar-refractivity contribution in [2.24, 2.45) is 0 Å². The van der Waals surface area contributed by atoms with Crippen molar-refractivity contribution in [2.45, 2.75) is 18.5 Å². The van der Waals surface area contributed by atoms with Crippen molar-refractivity contribution in [3.63, 3.8) is 0 Å². The van der Waals surface area contributed by atoms with Gasteiger partial charge in [0.15, 0.2) is 5.16 Å². The SMILES string of the molecule is COc1ccc(NC(=O)CSc2nc(C)c(Cc3ccccc3Cl)c(=O)[nH]2)cc1. The Balaban J connectivity index is 1.63. The summed E-state index contributed by atoms with van der Waals surface area (Å²) in [6.07, 6.45) is 0.400. The fourth-order valence-corrected chi connectivity index (χ4v) is 3.61. The van der Waals surface area contributed by atoms with Crippen LogP contribution in [0.4, 0.5) is 5.69 Å². The van der Waals surface area contributed by atoms with Crippen LogP contribution in [0.25, 0.3) is 0 Å². The smallest absolute Gasteiger partial charge is 0.255 e. The molecule has 0 saturated carbocycles. The van der Waals surface area contributed by atoms with E-state index in [1.807, 2.05) is 18.2 Å². The number of rotatable bonds is 7. The third-order valence-corrected chi connectivity index (χ3v) is 5.48. The second-order valence-corrected chi connectivity index (χ2v) is 7.64. The molecule has 1 amide bonds. The van der Waals surface area contributed by atoms with Crippen LogP contribution in [0, 0.1) is 6.92 Å². The minimum Gasteiger partial charge on any atom is -0.497 e. The van der Waals surface area contributed by atoms with E-state index in [2.05, 4.69) is 15.3 Å². The molecule has 2 aromatic carbocycles. The molecule has 0 saturated heterocycles. The number of hydrogen-bond acceptors (Lipinski definition) is 5. The molecular formula is C21H20ClN3O3S. The summed E-state index contributed by atoms with van der Waals surface area (Å²) in [5, 5.41) is 3.81. The van der Waals surface area contributed by atoms with Crippen molar-refractivity contribution in [1.29, 1.82) is 0 Å². The van der Waals surface area contributed by atoms with Crippen molar-refractivity contribution in [2.75, 3.05) is 18.2 Å². The molecule has 3 rings (SSSR count). The molecule has 2 N–H and O–H groups in total. The largest absolute Gasteiger partial charge is 0.497 e. The average molecular weight is 430 g/mol. The van der Waals surface area contributed by atoms with Gasteiger partial charge in [-0.3, -0.25) is 9.59 Å². The lowest BCUT2D eigenvalue weighted by Gasteiger charge is -2.09. The molecule has 0 aliphatic rings. The summed E-state index contributed by atoms with van der Waals surface area (Å²) in [6, 6.07) is 14.4. The number of aromatic nitrogens is 2. The van der Waals surface area contributed by atoms with Gasteiger partial charge in [-0.2, -0.15) is 0 Å². The Morgan fingerprint density at radius 2 is 1.93 bits per heavy atom. The minimum absolute atomic E-state index is 0.123. The van der Waals surface area contributed by atoms with Gasteiger partial charge in [-0.1, -0.05) is 41.6 Å². The van der Waals surface area contributed by atoms with Crippen molar-refractivity contribution in [3.05, 3.63) is 80.7 Å². The molecule has 0 atom stereocenters. The molecule has 0 aliphatic carbocycles. The van der Waals surface area contributed by atoms with Crippen LogP contribution >= 0.6 is 23.4 Å². The highest BCUT2D eigenvalue weighted by Gasteiger charge is 2.12. The lowest BCUT2D eigenvalue weighted by atomic mass is 10.1. The Kier molecular flexibility index (Phi) is 6.95. The van der Waals surface area contributed by atoms with Gasteiger partial charge in [0, 0.05) is 28.4 Å². The number of methoxy groups -OCH3 is 1. The van der Waals surface area contributed by atoms with Crippen molar-refractivity contribution in [3.8, 4) is 5.75 Å². The third-order valence-electron chi connectivity index (χ3n) is 4.24. The van der Waals surface area contributed by atoms with Gasteiger partial charge < -0.3 is 15.0 Å². The number of nitrogens with one attached hydrogen (secondary N) is 2. The number of carbonyl (C=O) groups is 1. The highest BCUT2D eigenvalue weighted by atomic mass is 35.5. The predicted octanol–water partition coefficient (Wildman–Crippen LogP) is 4.06. The molecule has 0 unspecified atom stereocenters. The molecule has 0 radical (unpaired) electrons. The molecule has 29 heavy (non-hydrogen) atoms. The van der Waals surface area contributed by atoms with Crippen LogP contribution in [0.5, 0.6) is 5.75 Å². The van der Waals surface area contributed by atoms with Crippen LogP contribution in [-0.2, 0) is 11.2 Å². The highest BCUT2D eigenvalue weighted by molar-refractivity contribution is 7.99. The molecule has 1 aromatic heterocycles. The Hall–Kier alpha value is -2.77. The number of carbonyl (C=O) groups excluding carboxylic acids is 1. The minimum atomic E-state index is -0.226. The van der Waals surface area contributed by atoms with E-state index < -0.39 is 0 Å². The average Bonchev–Trinajstić information content (AvgIpc) is 2.71. The first-order valence-electron chi connectivity index (χ1n) is 8.86. The number of ether oxygens (including phenoxy) is 1. The Labute approximate surface area is 177 Å². The zero-order valence-corrected chi connectivity index (χ0v) is 17.6. The lowest BCUT2D eigenvalue weighted by Crippen LogP contribution is -2.19. The van der Waals surface area contributed by atoms with Gasteiger partial charge in [0.1, 0.15) is 5.75 Å². The van der Waals surface area contributed by atoms with Crippen LogP contribution in [0.1, 0.15) is 16.8 Å². The maximum Gasteiger partial charge on any atom is 0.255 e. The molecule has 3 aromatic rings. The lowest BCUT2D eigenvalue weighted by molar-refractivity contribution is -0.113. The third kappa shape index (κ3) is 5.62. The molecule has 8 heteroatoms. The Morgan fingerprint density at radius 3 is 2.59 bits per heavy atom. The van der Waals surface area contributed by atoms with Crippen molar-refractivity contribution in [1.82, 2.24) is 9.97 Å². The maximum atomic E-state index is 12.5. The van der Waals surface area contributed by atoms with E-state index in [-0.39, 0.29) is 17.2 Å². The summed E-state index contributed by atoms with van der Waals surface area (Å²) in [7, 11) is 1.58. The first-order chi connectivity index (χ1) is 14.0. The van der Waals surface area contributed by atoms with Crippen molar-refractivity contribution < 1.29 is 9.53 Å². The number of aromatic amines is 1. The number of nitrogens with zero attached hydrogens (tertiary/aromatic N) is 1. The maximum absolute atomic E-state index is 12.5. The number of benzene rings is 2. The zero-order valence-electron chi connectivity index (χ0n) is 16.0. The van der Waals surface area contributed by atoms with Gasteiger partial charge in [-0.15, -0.1) is 0 Å². The summed E-state index contributed by atoms with van der Waals surface area (Å²) in [6.45, 7) is 1.78. The summed E-state index contributed by atoms with van der Waals surface area (Å²) >= 11 is 7.36. The molecule has 0 aliphatic heterocycles. The fraction of sp³-hybridized carbons (Fsp3) is 0.190. The summed E-state index contributed by atoms with van der Waals surface area (Å²) in [4.78, 5) is 31.8. The van der Waals surface area contributed by atoms with Crippen LogP contribution in [0.2, 0.25) is 5.02 Å². The van der Waals surface area contributed by atoms with Gasteiger partial charge >= 0.3 is 0 Å². The Morgan fingerprint density at radius 1 is 1.21 bits per heavy atom. The number of anilines is 1. The standard InChI is InChI=1S/C21H20ClN3O3S/c1-13-17(11-14-5-3-4-6-18(14)22)20(27)25-21(23-13)29-12-19(26)24-15-7-9-16(28-2)10-8-15/h3-10H,11-12H2,1-2H3,(H,24,26)(H,23,25,27). The summed E-state index contributed by atoms with van der Waals surface area (Å²) in [5.41, 5.74) is 2.49. The molecule has 0 bridgehead atoms. The highest BCUT2D eigenvalue weighted by Crippen LogP contribution is 2.20. The van der Waals surface area contributed by atoms with Gasteiger partial charge in [0.25, 0.3) is 5.56 Å². The normalized spacial score (nSPS) is 10.6. The topological polar surface area (TPSA) is 84.1 Å². The fourth-order valence-electron chi connectivity index (χ4n) is 2.70. The zero-order chi connectivity index (χ0) is 20.8. The van der Waals surface area contributed by atoms with E-state index in [0.29, 0.717) is 39.3 Å². The van der Waals surface area contributed by atoms with Crippen LogP contribution < -0.4 is 15.6 Å². The number of H-pyrrole nitrogens is 1. The number of aryl methyl sites for hydroxylation is 1. The van der Waals surface area contributed by atoms with Crippen LogP contribution in [0.3, 0.4) is 0 Å². The molecule has 0 fully saturated rings. The van der Waals surface area contributed by atoms with E-state index >= 15 is 0 Å². The molecule has 6 nitrogen and oxygen atoms in total. The molecule has 1 heterocycles. The Bertz CT molecular complexity index is 1070. The summed E-state index contributed by atoms with van der Waals surface area (Å²) < 4.78 is 5.09. The number of amides is 1. The second kappa shape index (κ2) is 9.62. The van der Waals surface area contributed by atoms with E-state index in [4.69, 9.17) is 16.3 Å².